The largest absolute Gasteiger partial charge is 0.508 e. The Labute approximate surface area is 123 Å². The summed E-state index contributed by atoms with van der Waals surface area (Å²) in [7, 11) is 0. The molecule has 4 heteroatoms. The first kappa shape index (κ1) is 13.5. The van der Waals surface area contributed by atoms with E-state index in [-0.39, 0.29) is 17.9 Å². The summed E-state index contributed by atoms with van der Waals surface area (Å²) in [6, 6.07) is 14.2. The predicted octanol–water partition coefficient (Wildman–Crippen LogP) is 3.73. The second-order valence-corrected chi connectivity index (χ2v) is 5.25. The smallest absolute Gasteiger partial charge is 0.420 e. The maximum absolute atomic E-state index is 12.5. The maximum Gasteiger partial charge on any atom is 0.420 e. The lowest BCUT2D eigenvalue weighted by molar-refractivity contribution is 0.204. The van der Waals surface area contributed by atoms with Crippen LogP contribution in [0.25, 0.3) is 0 Å². The molecule has 1 aliphatic heterocycles. The van der Waals surface area contributed by atoms with Crippen LogP contribution < -0.4 is 9.64 Å². The first-order valence-electron chi connectivity index (χ1n) is 7.03. The number of phenols is 1. The molecular weight excluding hydrogens is 266 g/mol. The highest BCUT2D eigenvalue weighted by Crippen LogP contribution is 2.33. The molecule has 2 aromatic carbocycles. The van der Waals surface area contributed by atoms with Crippen molar-refractivity contribution in [1.29, 1.82) is 0 Å². The van der Waals surface area contributed by atoms with Gasteiger partial charge >= 0.3 is 6.09 Å². The van der Waals surface area contributed by atoms with Crippen molar-refractivity contribution in [3.05, 3.63) is 54.1 Å². The lowest BCUT2D eigenvalue weighted by Crippen LogP contribution is -2.43. The number of aromatic hydroxyl groups is 1. The zero-order chi connectivity index (χ0) is 14.8. The molecule has 0 fully saturated rings. The van der Waals surface area contributed by atoms with Crippen LogP contribution in [0.2, 0.25) is 0 Å². The summed E-state index contributed by atoms with van der Waals surface area (Å²) in [5, 5.41) is 9.58. The zero-order valence-corrected chi connectivity index (χ0v) is 11.8. The van der Waals surface area contributed by atoms with Gasteiger partial charge in [0, 0.05) is 6.04 Å². The van der Waals surface area contributed by atoms with Crippen molar-refractivity contribution >= 4 is 11.8 Å². The van der Waals surface area contributed by atoms with Crippen molar-refractivity contribution < 1.29 is 14.6 Å². The van der Waals surface area contributed by atoms with Crippen LogP contribution >= 0.6 is 0 Å². The SMILES string of the molecule is CC1CCc2cc(O)ccc2N1C(=O)Oc1ccccc1. The van der Waals surface area contributed by atoms with E-state index >= 15 is 0 Å². The minimum atomic E-state index is -0.389. The molecule has 1 unspecified atom stereocenters. The number of phenolic OH excluding ortho intramolecular Hbond substituents is 1. The van der Waals surface area contributed by atoms with Crippen LogP contribution in [-0.4, -0.2) is 17.2 Å². The Bertz CT molecular complexity index is 654. The normalized spacial score (nSPS) is 17.2. The molecule has 1 atom stereocenters. The lowest BCUT2D eigenvalue weighted by Gasteiger charge is -2.34. The third-order valence-corrected chi connectivity index (χ3v) is 3.74. The molecule has 1 amide bonds. The first-order valence-corrected chi connectivity index (χ1v) is 7.03. The van der Waals surface area contributed by atoms with Gasteiger partial charge in [-0.15, -0.1) is 0 Å². The molecule has 1 aliphatic rings. The van der Waals surface area contributed by atoms with Gasteiger partial charge in [-0.1, -0.05) is 18.2 Å². The van der Waals surface area contributed by atoms with E-state index in [1.807, 2.05) is 25.1 Å². The van der Waals surface area contributed by atoms with Gasteiger partial charge in [0.15, 0.2) is 0 Å². The molecule has 21 heavy (non-hydrogen) atoms. The number of benzene rings is 2. The van der Waals surface area contributed by atoms with Crippen LogP contribution in [0.3, 0.4) is 0 Å². The monoisotopic (exact) mass is 283 g/mol. The van der Waals surface area contributed by atoms with E-state index in [2.05, 4.69) is 0 Å². The summed E-state index contributed by atoms with van der Waals surface area (Å²) in [5.41, 5.74) is 1.78. The fourth-order valence-electron chi connectivity index (χ4n) is 2.65. The number of anilines is 1. The number of carbonyl (C=O) groups excluding carboxylic acids is 1. The number of aryl methyl sites for hydroxylation is 1. The fraction of sp³-hybridized carbons (Fsp3) is 0.235. The average Bonchev–Trinajstić information content (AvgIpc) is 2.48. The second-order valence-electron chi connectivity index (χ2n) is 5.25. The Morgan fingerprint density at radius 2 is 2.00 bits per heavy atom. The molecule has 0 spiro atoms. The van der Waals surface area contributed by atoms with Crippen LogP contribution in [0.1, 0.15) is 18.9 Å². The molecule has 0 bridgehead atoms. The highest BCUT2D eigenvalue weighted by molar-refractivity contribution is 5.91. The van der Waals surface area contributed by atoms with Crippen LogP contribution in [0.15, 0.2) is 48.5 Å². The summed E-state index contributed by atoms with van der Waals surface area (Å²) in [6.07, 6.45) is 1.31. The Balaban J connectivity index is 1.89. The standard InChI is InChI=1S/C17H17NO3/c1-12-7-8-13-11-14(19)9-10-16(13)18(12)17(20)21-15-5-3-2-4-6-15/h2-6,9-12,19H,7-8H2,1H3. The van der Waals surface area contributed by atoms with Crippen molar-refractivity contribution in [2.45, 2.75) is 25.8 Å². The van der Waals surface area contributed by atoms with Gasteiger partial charge in [0.2, 0.25) is 0 Å². The van der Waals surface area contributed by atoms with Gasteiger partial charge in [0.25, 0.3) is 0 Å². The Morgan fingerprint density at radius 3 is 2.76 bits per heavy atom. The first-order chi connectivity index (χ1) is 10.1. The van der Waals surface area contributed by atoms with Crippen LogP contribution in [-0.2, 0) is 6.42 Å². The van der Waals surface area contributed by atoms with Crippen molar-refractivity contribution in [2.24, 2.45) is 0 Å². The second kappa shape index (κ2) is 5.48. The third kappa shape index (κ3) is 2.70. The van der Waals surface area contributed by atoms with Gasteiger partial charge in [0.1, 0.15) is 11.5 Å². The zero-order valence-electron chi connectivity index (χ0n) is 11.8. The average molecular weight is 283 g/mol. The van der Waals surface area contributed by atoms with Gasteiger partial charge in [-0.25, -0.2) is 4.79 Å². The van der Waals surface area contributed by atoms with Crippen molar-refractivity contribution in [3.8, 4) is 11.5 Å². The number of para-hydroxylation sites is 1. The summed E-state index contributed by atoms with van der Waals surface area (Å²) in [4.78, 5) is 14.1. The summed E-state index contributed by atoms with van der Waals surface area (Å²) in [5.74, 6) is 0.750. The molecule has 1 N–H and O–H groups in total. The number of carbonyl (C=O) groups is 1. The van der Waals surface area contributed by atoms with Crippen molar-refractivity contribution in [1.82, 2.24) is 0 Å². The topological polar surface area (TPSA) is 49.8 Å². The summed E-state index contributed by atoms with van der Waals surface area (Å²) >= 11 is 0. The van der Waals surface area contributed by atoms with E-state index in [9.17, 15) is 9.90 Å². The van der Waals surface area contributed by atoms with E-state index in [0.29, 0.717) is 5.75 Å². The van der Waals surface area contributed by atoms with Gasteiger partial charge in [0.05, 0.1) is 5.69 Å². The molecule has 0 aromatic heterocycles. The highest BCUT2D eigenvalue weighted by Gasteiger charge is 2.29. The molecule has 0 saturated carbocycles. The lowest BCUT2D eigenvalue weighted by atomic mass is 9.97. The van der Waals surface area contributed by atoms with Gasteiger partial charge in [-0.05, 0) is 55.7 Å². The maximum atomic E-state index is 12.5. The molecule has 108 valence electrons. The Morgan fingerprint density at radius 1 is 1.24 bits per heavy atom. The van der Waals surface area contributed by atoms with E-state index < -0.39 is 0 Å². The van der Waals surface area contributed by atoms with E-state index in [1.165, 1.54) is 0 Å². The van der Waals surface area contributed by atoms with Gasteiger partial charge in [-0.2, -0.15) is 0 Å². The molecule has 0 radical (unpaired) electrons. The number of fused-ring (bicyclic) bond motifs is 1. The highest BCUT2D eigenvalue weighted by atomic mass is 16.6. The number of hydrogen-bond donors (Lipinski definition) is 1. The number of nitrogens with zero attached hydrogens (tertiary/aromatic N) is 1. The minimum absolute atomic E-state index is 0.0678. The molecule has 0 saturated heterocycles. The van der Waals surface area contributed by atoms with Crippen LogP contribution in [0, 0.1) is 0 Å². The van der Waals surface area contributed by atoms with Crippen molar-refractivity contribution in [3.63, 3.8) is 0 Å². The number of hydrogen-bond acceptors (Lipinski definition) is 3. The van der Waals surface area contributed by atoms with Gasteiger partial charge < -0.3 is 9.84 Å². The molecule has 1 heterocycles. The molecule has 3 rings (SSSR count). The minimum Gasteiger partial charge on any atom is -0.508 e. The molecule has 4 nitrogen and oxygen atoms in total. The number of ether oxygens (including phenoxy) is 1. The van der Waals surface area contributed by atoms with Crippen LogP contribution in [0.4, 0.5) is 10.5 Å². The number of amides is 1. The van der Waals surface area contributed by atoms with E-state index in [1.54, 1.807) is 35.2 Å². The quantitative estimate of drug-likeness (QED) is 0.867. The number of rotatable bonds is 1. The Kier molecular flexibility index (Phi) is 3.52. The van der Waals surface area contributed by atoms with E-state index in [4.69, 9.17) is 4.74 Å². The van der Waals surface area contributed by atoms with E-state index in [0.717, 1.165) is 24.1 Å². The van der Waals surface area contributed by atoms with Crippen LogP contribution in [0.5, 0.6) is 11.5 Å². The van der Waals surface area contributed by atoms with Gasteiger partial charge in [-0.3, -0.25) is 4.90 Å². The fourth-order valence-corrected chi connectivity index (χ4v) is 2.65. The van der Waals surface area contributed by atoms with Crippen molar-refractivity contribution in [2.75, 3.05) is 4.90 Å². The third-order valence-electron chi connectivity index (χ3n) is 3.74. The summed E-state index contributed by atoms with van der Waals surface area (Å²) in [6.45, 7) is 2.00. The Hall–Kier alpha value is -2.49. The molecule has 0 aliphatic carbocycles. The predicted molar refractivity (Wildman–Crippen MR) is 80.8 cm³/mol. The molecule has 2 aromatic rings. The molecular formula is C17H17NO3. The summed E-state index contributed by atoms with van der Waals surface area (Å²) < 4.78 is 5.44.